The molecule has 0 saturated carbocycles. The van der Waals surface area contributed by atoms with Crippen LogP contribution in [0.15, 0.2) is 48.5 Å². The Labute approximate surface area is 169 Å². The van der Waals surface area contributed by atoms with Crippen molar-refractivity contribution in [1.82, 2.24) is 14.8 Å². The predicted octanol–water partition coefficient (Wildman–Crippen LogP) is 4.81. The molecule has 1 amide bonds. The van der Waals surface area contributed by atoms with E-state index >= 15 is 0 Å². The molecule has 2 heterocycles. The maximum absolute atomic E-state index is 12.9. The zero-order chi connectivity index (χ0) is 20.5. The highest BCUT2D eigenvalue weighted by Gasteiger charge is 2.18. The summed E-state index contributed by atoms with van der Waals surface area (Å²) in [6, 6.07) is 15.3. The molecule has 2 aromatic carbocycles. The largest absolute Gasteiger partial charge is 0.497 e. The van der Waals surface area contributed by atoms with Gasteiger partial charge in [0.1, 0.15) is 5.75 Å². The third kappa shape index (κ3) is 3.66. The summed E-state index contributed by atoms with van der Waals surface area (Å²) < 4.78 is 7.21. The van der Waals surface area contributed by atoms with Gasteiger partial charge in [0.05, 0.1) is 18.0 Å². The highest BCUT2D eigenvalue weighted by atomic mass is 16.5. The van der Waals surface area contributed by atoms with Gasteiger partial charge in [-0.1, -0.05) is 32.0 Å². The van der Waals surface area contributed by atoms with Crippen LogP contribution >= 0.6 is 0 Å². The van der Waals surface area contributed by atoms with E-state index < -0.39 is 0 Å². The van der Waals surface area contributed by atoms with Crippen LogP contribution < -0.4 is 10.1 Å². The van der Waals surface area contributed by atoms with Gasteiger partial charge in [0.25, 0.3) is 5.91 Å². The summed E-state index contributed by atoms with van der Waals surface area (Å²) in [5.74, 6) is 1.50. The third-order valence-corrected chi connectivity index (χ3v) is 4.88. The molecule has 0 unspecified atom stereocenters. The van der Waals surface area contributed by atoms with Gasteiger partial charge in [0.15, 0.2) is 11.5 Å². The first-order valence-electron chi connectivity index (χ1n) is 9.68. The number of benzene rings is 2. The van der Waals surface area contributed by atoms with Crippen molar-refractivity contribution >= 4 is 33.7 Å². The van der Waals surface area contributed by atoms with Crippen molar-refractivity contribution in [2.24, 2.45) is 5.92 Å². The van der Waals surface area contributed by atoms with Gasteiger partial charge in [-0.15, -0.1) is 0 Å². The fourth-order valence-electron chi connectivity index (χ4n) is 3.43. The summed E-state index contributed by atoms with van der Waals surface area (Å²) >= 11 is 0. The van der Waals surface area contributed by atoms with Crippen molar-refractivity contribution in [1.29, 1.82) is 0 Å². The fourth-order valence-corrected chi connectivity index (χ4v) is 3.43. The van der Waals surface area contributed by atoms with E-state index in [0.717, 1.165) is 33.2 Å². The second-order valence-electron chi connectivity index (χ2n) is 7.61. The Morgan fingerprint density at radius 3 is 2.69 bits per heavy atom. The van der Waals surface area contributed by atoms with Crippen LogP contribution in [0.3, 0.4) is 0 Å². The summed E-state index contributed by atoms with van der Waals surface area (Å²) in [5.41, 5.74) is 3.18. The first-order chi connectivity index (χ1) is 14.0. The molecular formula is C23H24N4O2. The Kier molecular flexibility index (Phi) is 4.92. The summed E-state index contributed by atoms with van der Waals surface area (Å²) in [6.07, 6.45) is 0. The number of methoxy groups -OCH3 is 1. The number of ether oxygens (including phenoxy) is 1. The normalized spacial score (nSPS) is 11.3. The van der Waals surface area contributed by atoms with Gasteiger partial charge >= 0.3 is 0 Å². The summed E-state index contributed by atoms with van der Waals surface area (Å²) in [4.78, 5) is 17.7. The average molecular weight is 388 g/mol. The number of rotatable bonds is 5. The molecule has 6 nitrogen and oxygen atoms in total. The number of amides is 1. The molecule has 0 aliphatic carbocycles. The quantitative estimate of drug-likeness (QED) is 0.533. The van der Waals surface area contributed by atoms with E-state index in [4.69, 9.17) is 9.72 Å². The number of fused-ring (bicyclic) bond motifs is 2. The lowest BCUT2D eigenvalue weighted by Gasteiger charge is -2.06. The third-order valence-electron chi connectivity index (χ3n) is 4.88. The molecule has 0 bridgehead atoms. The number of nitrogens with one attached hydrogen (secondary N) is 1. The minimum Gasteiger partial charge on any atom is -0.497 e. The number of carbonyl (C=O) groups excluding carboxylic acids is 1. The Bertz CT molecular complexity index is 1210. The van der Waals surface area contributed by atoms with Crippen LogP contribution in [0.2, 0.25) is 0 Å². The minimum absolute atomic E-state index is 0.176. The topological polar surface area (TPSA) is 69.0 Å². The van der Waals surface area contributed by atoms with Crippen LogP contribution in [0.4, 0.5) is 5.82 Å². The maximum Gasteiger partial charge on any atom is 0.257 e. The molecule has 0 fully saturated rings. The van der Waals surface area contributed by atoms with Crippen molar-refractivity contribution in [3.8, 4) is 5.75 Å². The van der Waals surface area contributed by atoms with Crippen LogP contribution in [0, 0.1) is 12.8 Å². The van der Waals surface area contributed by atoms with Crippen molar-refractivity contribution in [2.75, 3.05) is 12.4 Å². The summed E-state index contributed by atoms with van der Waals surface area (Å²) in [5, 5.41) is 9.42. The molecule has 148 valence electrons. The monoisotopic (exact) mass is 388 g/mol. The first kappa shape index (κ1) is 18.9. The first-order valence-corrected chi connectivity index (χ1v) is 9.68. The van der Waals surface area contributed by atoms with E-state index in [-0.39, 0.29) is 5.91 Å². The zero-order valence-corrected chi connectivity index (χ0v) is 17.1. The Hall–Kier alpha value is -3.41. The molecule has 0 aliphatic rings. The number of nitrogens with zero attached hydrogens (tertiary/aromatic N) is 3. The summed E-state index contributed by atoms with van der Waals surface area (Å²) in [7, 11) is 1.64. The second-order valence-corrected chi connectivity index (χ2v) is 7.61. The SMILES string of the molecule is COc1ccc2nc3c(cc2c1)c(NC(=O)c1ccccc1C)nn3CC(C)C. The standard InChI is InChI=1S/C23H24N4O2/c1-14(2)13-27-22-19(12-16-11-17(29-4)9-10-20(16)24-22)21(26-27)25-23(28)18-8-6-5-7-15(18)3/h5-12,14H,13H2,1-4H3,(H,25,26,28). The maximum atomic E-state index is 12.9. The van der Waals surface area contributed by atoms with Gasteiger partial charge < -0.3 is 10.1 Å². The molecule has 6 heteroatoms. The van der Waals surface area contributed by atoms with Gasteiger partial charge in [0.2, 0.25) is 0 Å². The zero-order valence-electron chi connectivity index (χ0n) is 17.1. The van der Waals surface area contributed by atoms with Crippen molar-refractivity contribution in [3.05, 3.63) is 59.7 Å². The van der Waals surface area contributed by atoms with Gasteiger partial charge in [-0.25, -0.2) is 9.67 Å². The number of anilines is 1. The van der Waals surface area contributed by atoms with Crippen LogP contribution in [-0.2, 0) is 6.54 Å². The molecule has 29 heavy (non-hydrogen) atoms. The number of aromatic nitrogens is 3. The van der Waals surface area contributed by atoms with E-state index in [1.165, 1.54) is 0 Å². The molecule has 4 rings (SSSR count). The Morgan fingerprint density at radius 2 is 1.97 bits per heavy atom. The van der Waals surface area contributed by atoms with Crippen LogP contribution in [0.5, 0.6) is 5.75 Å². The molecule has 4 aromatic rings. The predicted molar refractivity (Wildman–Crippen MR) is 116 cm³/mol. The van der Waals surface area contributed by atoms with Crippen LogP contribution in [0.1, 0.15) is 29.8 Å². The molecule has 0 radical (unpaired) electrons. The van der Waals surface area contributed by atoms with Gasteiger partial charge in [-0.2, -0.15) is 5.10 Å². The van der Waals surface area contributed by atoms with E-state index in [1.807, 2.05) is 60.1 Å². The smallest absolute Gasteiger partial charge is 0.257 e. The highest BCUT2D eigenvalue weighted by Crippen LogP contribution is 2.29. The molecule has 0 spiro atoms. The Balaban J connectivity index is 1.84. The lowest BCUT2D eigenvalue weighted by atomic mass is 10.1. The van der Waals surface area contributed by atoms with E-state index in [0.29, 0.717) is 23.8 Å². The second kappa shape index (κ2) is 7.54. The molecular weight excluding hydrogens is 364 g/mol. The molecule has 0 saturated heterocycles. The molecule has 0 aliphatic heterocycles. The van der Waals surface area contributed by atoms with E-state index in [2.05, 4.69) is 24.3 Å². The average Bonchev–Trinajstić information content (AvgIpc) is 3.01. The van der Waals surface area contributed by atoms with Crippen LogP contribution in [0.25, 0.3) is 21.9 Å². The van der Waals surface area contributed by atoms with Gasteiger partial charge in [-0.3, -0.25) is 4.79 Å². The molecule has 2 aromatic heterocycles. The number of pyridine rings is 1. The fraction of sp³-hybridized carbons (Fsp3) is 0.261. The van der Waals surface area contributed by atoms with Crippen molar-refractivity contribution in [2.45, 2.75) is 27.3 Å². The van der Waals surface area contributed by atoms with Crippen molar-refractivity contribution < 1.29 is 9.53 Å². The highest BCUT2D eigenvalue weighted by molar-refractivity contribution is 6.09. The Morgan fingerprint density at radius 1 is 1.17 bits per heavy atom. The lowest BCUT2D eigenvalue weighted by Crippen LogP contribution is -2.14. The van der Waals surface area contributed by atoms with E-state index in [1.54, 1.807) is 7.11 Å². The molecule has 1 N–H and O–H groups in total. The van der Waals surface area contributed by atoms with Gasteiger partial charge in [0, 0.05) is 17.5 Å². The molecule has 0 atom stereocenters. The van der Waals surface area contributed by atoms with Crippen LogP contribution in [-0.4, -0.2) is 27.8 Å². The van der Waals surface area contributed by atoms with Crippen molar-refractivity contribution in [3.63, 3.8) is 0 Å². The van der Waals surface area contributed by atoms with Gasteiger partial charge in [-0.05, 0) is 48.7 Å². The number of hydrogen-bond acceptors (Lipinski definition) is 4. The van der Waals surface area contributed by atoms with E-state index in [9.17, 15) is 4.79 Å². The number of carbonyl (C=O) groups is 1. The number of aryl methyl sites for hydroxylation is 1. The lowest BCUT2D eigenvalue weighted by molar-refractivity contribution is 0.102. The summed E-state index contributed by atoms with van der Waals surface area (Å²) in [6.45, 7) is 6.90. The number of hydrogen-bond donors (Lipinski definition) is 1. The minimum atomic E-state index is -0.176.